The third kappa shape index (κ3) is 4.91. The van der Waals surface area contributed by atoms with Crippen LogP contribution >= 0.6 is 0 Å². The highest BCUT2D eigenvalue weighted by Gasteiger charge is 2.26. The molecule has 0 aliphatic rings. The smallest absolute Gasteiger partial charge is 0.269 e. The summed E-state index contributed by atoms with van der Waals surface area (Å²) >= 11 is 0. The largest absolute Gasteiger partial charge is 0.340 e. The van der Waals surface area contributed by atoms with Gasteiger partial charge in [0.1, 0.15) is 11.5 Å². The normalized spacial score (nSPS) is 10.9. The number of carbonyl (C=O) groups is 1. The number of nitrogens with zero attached hydrogens (tertiary/aromatic N) is 3. The molecule has 0 unspecified atom stereocenters. The SMILES string of the molecule is CC(C)(C)n1nc(-c2ccc([N+](=O)[O-])cc2)c(C=O)c1Nc1ccc2ccccc2c1.CN. The van der Waals surface area contributed by atoms with E-state index >= 15 is 0 Å². The first-order valence-electron chi connectivity index (χ1n) is 10.4. The Balaban J connectivity index is 0.00000149. The maximum absolute atomic E-state index is 12.1. The molecule has 33 heavy (non-hydrogen) atoms. The Morgan fingerprint density at radius 3 is 2.21 bits per heavy atom. The van der Waals surface area contributed by atoms with Crippen molar-refractivity contribution >= 4 is 34.3 Å². The maximum atomic E-state index is 12.1. The van der Waals surface area contributed by atoms with Crippen molar-refractivity contribution in [1.29, 1.82) is 0 Å². The van der Waals surface area contributed by atoms with E-state index in [9.17, 15) is 14.9 Å². The minimum Gasteiger partial charge on any atom is -0.340 e. The number of nitro groups is 1. The van der Waals surface area contributed by atoms with Crippen molar-refractivity contribution in [3.05, 3.63) is 82.4 Å². The van der Waals surface area contributed by atoms with Crippen LogP contribution in [-0.4, -0.2) is 28.0 Å². The summed E-state index contributed by atoms with van der Waals surface area (Å²) in [7, 11) is 1.50. The fourth-order valence-electron chi connectivity index (χ4n) is 3.51. The van der Waals surface area contributed by atoms with Gasteiger partial charge in [0.05, 0.1) is 16.0 Å². The zero-order chi connectivity index (χ0) is 24.2. The van der Waals surface area contributed by atoms with Crippen molar-refractivity contribution in [3.63, 3.8) is 0 Å². The van der Waals surface area contributed by atoms with E-state index in [1.165, 1.54) is 19.2 Å². The summed E-state index contributed by atoms with van der Waals surface area (Å²) in [4.78, 5) is 22.7. The molecule has 3 N–H and O–H groups in total. The van der Waals surface area contributed by atoms with E-state index in [4.69, 9.17) is 5.10 Å². The fraction of sp³-hybridized carbons (Fsp3) is 0.200. The van der Waals surface area contributed by atoms with E-state index in [1.807, 2.05) is 63.2 Å². The summed E-state index contributed by atoms with van der Waals surface area (Å²) in [6.45, 7) is 6.00. The topological polar surface area (TPSA) is 116 Å². The number of fused-ring (bicyclic) bond motifs is 1. The molecule has 170 valence electrons. The molecule has 0 atom stereocenters. The molecule has 0 spiro atoms. The Morgan fingerprint density at radius 2 is 1.64 bits per heavy atom. The van der Waals surface area contributed by atoms with Crippen LogP contribution in [0.2, 0.25) is 0 Å². The van der Waals surface area contributed by atoms with Crippen LogP contribution in [0.1, 0.15) is 31.1 Å². The van der Waals surface area contributed by atoms with E-state index in [-0.39, 0.29) is 5.69 Å². The van der Waals surface area contributed by atoms with Gasteiger partial charge in [-0.15, -0.1) is 0 Å². The van der Waals surface area contributed by atoms with E-state index in [0.717, 1.165) is 22.7 Å². The number of aldehydes is 1. The number of carbonyl (C=O) groups excluding carboxylic acids is 1. The van der Waals surface area contributed by atoms with Gasteiger partial charge in [-0.1, -0.05) is 30.3 Å². The van der Waals surface area contributed by atoms with Gasteiger partial charge in [0.15, 0.2) is 6.29 Å². The number of hydrogen-bond acceptors (Lipinski definition) is 6. The molecule has 0 saturated carbocycles. The van der Waals surface area contributed by atoms with Crippen LogP contribution in [0.25, 0.3) is 22.0 Å². The van der Waals surface area contributed by atoms with Gasteiger partial charge in [-0.25, -0.2) is 4.68 Å². The summed E-state index contributed by atoms with van der Waals surface area (Å²) in [5.74, 6) is 0.575. The van der Waals surface area contributed by atoms with Crippen LogP contribution in [0.4, 0.5) is 17.2 Å². The van der Waals surface area contributed by atoms with Crippen molar-refractivity contribution in [1.82, 2.24) is 9.78 Å². The molecule has 0 fully saturated rings. The van der Waals surface area contributed by atoms with Gasteiger partial charge in [-0.2, -0.15) is 5.10 Å². The van der Waals surface area contributed by atoms with Gasteiger partial charge in [-0.3, -0.25) is 14.9 Å². The van der Waals surface area contributed by atoms with Gasteiger partial charge in [0.2, 0.25) is 0 Å². The Morgan fingerprint density at radius 1 is 1.00 bits per heavy atom. The standard InChI is InChI=1S/C24H22N4O3.CH5N/c1-24(2,3)27-23(25-19-11-8-16-6-4-5-7-18(16)14-19)21(15-29)22(26-27)17-9-12-20(13-10-17)28(30)31;1-2/h4-15,25H,1-3H3;2H2,1H3. The van der Waals surface area contributed by atoms with Gasteiger partial charge < -0.3 is 11.1 Å². The van der Waals surface area contributed by atoms with Crippen LogP contribution in [-0.2, 0) is 5.54 Å². The molecule has 3 aromatic carbocycles. The van der Waals surface area contributed by atoms with Crippen molar-refractivity contribution in [3.8, 4) is 11.3 Å². The lowest BCUT2D eigenvalue weighted by molar-refractivity contribution is -0.384. The van der Waals surface area contributed by atoms with Gasteiger partial charge in [-0.05, 0) is 62.9 Å². The molecular formula is C25H27N5O3. The lowest BCUT2D eigenvalue weighted by Gasteiger charge is -2.23. The van der Waals surface area contributed by atoms with Crippen molar-refractivity contribution in [2.24, 2.45) is 5.73 Å². The molecule has 4 aromatic rings. The van der Waals surface area contributed by atoms with Gasteiger partial charge >= 0.3 is 0 Å². The molecule has 0 radical (unpaired) electrons. The second-order valence-corrected chi connectivity index (χ2v) is 8.30. The monoisotopic (exact) mass is 445 g/mol. The van der Waals surface area contributed by atoms with Crippen LogP contribution < -0.4 is 11.1 Å². The lowest BCUT2D eigenvalue weighted by Crippen LogP contribution is -2.24. The fourth-order valence-corrected chi connectivity index (χ4v) is 3.51. The summed E-state index contributed by atoms with van der Waals surface area (Å²) in [6, 6.07) is 20.1. The summed E-state index contributed by atoms with van der Waals surface area (Å²) < 4.78 is 1.78. The maximum Gasteiger partial charge on any atom is 0.269 e. The number of nitrogens with two attached hydrogens (primary N) is 1. The molecule has 4 rings (SSSR count). The number of nitro benzene ring substituents is 1. The molecule has 1 aromatic heterocycles. The number of anilines is 2. The number of nitrogens with one attached hydrogen (secondary N) is 1. The highest BCUT2D eigenvalue weighted by molar-refractivity contribution is 5.94. The van der Waals surface area contributed by atoms with E-state index in [2.05, 4.69) is 11.1 Å². The number of benzene rings is 3. The highest BCUT2D eigenvalue weighted by atomic mass is 16.6. The number of hydrogen-bond donors (Lipinski definition) is 2. The minimum absolute atomic E-state index is 0.0128. The molecule has 0 aliphatic heterocycles. The third-order valence-corrected chi connectivity index (χ3v) is 5.04. The van der Waals surface area contributed by atoms with Crippen LogP contribution in [0.3, 0.4) is 0 Å². The third-order valence-electron chi connectivity index (χ3n) is 5.04. The first-order valence-corrected chi connectivity index (χ1v) is 10.4. The molecular weight excluding hydrogens is 418 g/mol. The Hall–Kier alpha value is -4.04. The predicted octanol–water partition coefficient (Wildman–Crippen LogP) is 5.50. The molecule has 1 heterocycles. The first kappa shape index (κ1) is 23.6. The molecule has 0 aliphatic carbocycles. The van der Waals surface area contributed by atoms with Crippen LogP contribution in [0.15, 0.2) is 66.7 Å². The van der Waals surface area contributed by atoms with Gasteiger partial charge in [0.25, 0.3) is 5.69 Å². The highest BCUT2D eigenvalue weighted by Crippen LogP contribution is 2.34. The number of aromatic nitrogens is 2. The minimum atomic E-state index is -0.453. The predicted molar refractivity (Wildman–Crippen MR) is 132 cm³/mol. The average molecular weight is 446 g/mol. The van der Waals surface area contributed by atoms with Crippen LogP contribution in [0, 0.1) is 10.1 Å². The summed E-state index contributed by atoms with van der Waals surface area (Å²) in [5, 5.41) is 21.3. The van der Waals surface area contributed by atoms with Crippen LogP contribution in [0.5, 0.6) is 0 Å². The molecule has 0 amide bonds. The Bertz CT molecular complexity index is 1290. The number of non-ortho nitro benzene ring substituents is 1. The quantitative estimate of drug-likeness (QED) is 0.238. The number of rotatable bonds is 5. The zero-order valence-electron chi connectivity index (χ0n) is 19.1. The molecule has 8 heteroatoms. The first-order chi connectivity index (χ1) is 15.8. The average Bonchev–Trinajstić information content (AvgIpc) is 3.19. The second kappa shape index (κ2) is 9.62. The molecule has 0 saturated heterocycles. The molecule has 0 bridgehead atoms. The second-order valence-electron chi connectivity index (χ2n) is 8.30. The lowest BCUT2D eigenvalue weighted by atomic mass is 10.1. The van der Waals surface area contributed by atoms with Crippen molar-refractivity contribution in [2.45, 2.75) is 26.3 Å². The Kier molecular flexibility index (Phi) is 6.89. The van der Waals surface area contributed by atoms with Crippen molar-refractivity contribution < 1.29 is 9.72 Å². The molecule has 8 nitrogen and oxygen atoms in total. The van der Waals surface area contributed by atoms with E-state index in [1.54, 1.807) is 16.8 Å². The van der Waals surface area contributed by atoms with E-state index < -0.39 is 10.5 Å². The zero-order valence-corrected chi connectivity index (χ0v) is 19.1. The Labute approximate surface area is 192 Å². The summed E-state index contributed by atoms with van der Waals surface area (Å²) in [5.41, 5.74) is 6.43. The van der Waals surface area contributed by atoms with Gasteiger partial charge in [0, 0.05) is 23.4 Å². The van der Waals surface area contributed by atoms with Crippen molar-refractivity contribution in [2.75, 3.05) is 12.4 Å². The summed E-state index contributed by atoms with van der Waals surface area (Å²) in [6.07, 6.45) is 0.773. The van der Waals surface area contributed by atoms with E-state index in [0.29, 0.717) is 22.6 Å².